The van der Waals surface area contributed by atoms with Gasteiger partial charge in [-0.2, -0.15) is 0 Å². The zero-order valence-electron chi connectivity index (χ0n) is 6.21. The van der Waals surface area contributed by atoms with E-state index < -0.39 is 0 Å². The molecule has 62 valence electrons. The van der Waals surface area contributed by atoms with E-state index in [9.17, 15) is 5.11 Å². The number of halogens is 1. The highest BCUT2D eigenvalue weighted by Gasteiger charge is 1.97. The summed E-state index contributed by atoms with van der Waals surface area (Å²) in [5.74, 6) is 5.52. The van der Waals surface area contributed by atoms with Crippen LogP contribution in [0, 0.1) is 11.8 Å². The van der Waals surface area contributed by atoms with Crippen LogP contribution in [-0.4, -0.2) is 15.5 Å². The fourth-order valence-corrected chi connectivity index (χ4v) is 0.895. The zero-order valence-corrected chi connectivity index (χ0v) is 7.80. The second-order valence-electron chi connectivity index (χ2n) is 2.14. The topological polar surface area (TPSA) is 40.5 Å². The molecule has 1 aromatic rings. The maximum absolute atomic E-state index is 9.24. The predicted molar refractivity (Wildman–Crippen MR) is 50.4 cm³/mol. The number of phenolic OH excluding ortho intramolecular Hbond substituents is 2. The van der Waals surface area contributed by atoms with Gasteiger partial charge in [-0.3, -0.25) is 0 Å². The van der Waals surface area contributed by atoms with Crippen LogP contribution in [-0.2, 0) is 0 Å². The van der Waals surface area contributed by atoms with Crippen molar-refractivity contribution in [2.75, 3.05) is 5.33 Å². The molecule has 1 rings (SSSR count). The Morgan fingerprint density at radius 1 is 1.33 bits per heavy atom. The van der Waals surface area contributed by atoms with E-state index in [4.69, 9.17) is 5.11 Å². The molecule has 0 aliphatic carbocycles. The van der Waals surface area contributed by atoms with Crippen molar-refractivity contribution in [2.24, 2.45) is 0 Å². The highest BCUT2D eigenvalue weighted by atomic mass is 79.9. The molecule has 1 aromatic carbocycles. The number of phenols is 2. The normalized spacial score (nSPS) is 8.75. The molecule has 0 saturated heterocycles. The van der Waals surface area contributed by atoms with Gasteiger partial charge in [-0.1, -0.05) is 27.8 Å². The van der Waals surface area contributed by atoms with Gasteiger partial charge < -0.3 is 10.2 Å². The van der Waals surface area contributed by atoms with Gasteiger partial charge in [0.05, 0.1) is 10.9 Å². The molecule has 0 aromatic heterocycles. The van der Waals surface area contributed by atoms with Gasteiger partial charge in [0.2, 0.25) is 0 Å². The molecule has 0 atom stereocenters. The van der Waals surface area contributed by atoms with Crippen LogP contribution >= 0.6 is 15.9 Å². The minimum atomic E-state index is 0.00319. The van der Waals surface area contributed by atoms with E-state index >= 15 is 0 Å². The lowest BCUT2D eigenvalue weighted by Gasteiger charge is -1.96. The third-order valence-electron chi connectivity index (χ3n) is 1.27. The van der Waals surface area contributed by atoms with Crippen LogP contribution in [0.15, 0.2) is 18.2 Å². The van der Waals surface area contributed by atoms with E-state index in [0.29, 0.717) is 10.9 Å². The van der Waals surface area contributed by atoms with E-state index in [2.05, 4.69) is 27.8 Å². The van der Waals surface area contributed by atoms with Crippen molar-refractivity contribution in [2.45, 2.75) is 0 Å². The van der Waals surface area contributed by atoms with Crippen molar-refractivity contribution in [3.63, 3.8) is 0 Å². The summed E-state index contributed by atoms with van der Waals surface area (Å²) < 4.78 is 0. The van der Waals surface area contributed by atoms with Crippen molar-refractivity contribution in [1.82, 2.24) is 0 Å². The minimum absolute atomic E-state index is 0.00319. The quantitative estimate of drug-likeness (QED) is 0.524. The Kier molecular flexibility index (Phi) is 3.01. The third kappa shape index (κ3) is 2.18. The average molecular weight is 227 g/mol. The highest BCUT2D eigenvalue weighted by molar-refractivity contribution is 9.09. The molecule has 0 bridgehead atoms. The van der Waals surface area contributed by atoms with Gasteiger partial charge in [0, 0.05) is 6.07 Å². The second-order valence-corrected chi connectivity index (χ2v) is 2.70. The summed E-state index contributed by atoms with van der Waals surface area (Å²) in [5.41, 5.74) is 0.521. The van der Waals surface area contributed by atoms with Crippen LogP contribution in [0.1, 0.15) is 5.56 Å². The van der Waals surface area contributed by atoms with E-state index in [1.807, 2.05) is 0 Å². The Hall–Kier alpha value is -1.14. The molecule has 0 radical (unpaired) electrons. The van der Waals surface area contributed by atoms with E-state index in [0.717, 1.165) is 0 Å². The van der Waals surface area contributed by atoms with E-state index in [1.165, 1.54) is 12.1 Å². The van der Waals surface area contributed by atoms with Gasteiger partial charge >= 0.3 is 0 Å². The van der Waals surface area contributed by atoms with Crippen molar-refractivity contribution in [3.8, 4) is 23.3 Å². The van der Waals surface area contributed by atoms with Crippen LogP contribution in [0.3, 0.4) is 0 Å². The second kappa shape index (κ2) is 4.03. The van der Waals surface area contributed by atoms with E-state index in [-0.39, 0.29) is 11.5 Å². The summed E-state index contributed by atoms with van der Waals surface area (Å²) >= 11 is 3.14. The first-order valence-corrected chi connectivity index (χ1v) is 4.43. The molecule has 3 heteroatoms. The molecule has 0 unspecified atom stereocenters. The fraction of sp³-hybridized carbons (Fsp3) is 0.111. The lowest BCUT2D eigenvalue weighted by molar-refractivity contribution is 0.449. The maximum Gasteiger partial charge on any atom is 0.134 e. The van der Waals surface area contributed by atoms with Crippen molar-refractivity contribution < 1.29 is 10.2 Å². The molecule has 0 fully saturated rings. The van der Waals surface area contributed by atoms with Crippen LogP contribution in [0.4, 0.5) is 0 Å². The van der Waals surface area contributed by atoms with Crippen LogP contribution < -0.4 is 0 Å². The molecule has 0 saturated carbocycles. The fourth-order valence-electron chi connectivity index (χ4n) is 0.754. The van der Waals surface area contributed by atoms with Gasteiger partial charge in [0.25, 0.3) is 0 Å². The molecule has 2 N–H and O–H groups in total. The molecular formula is C9H7BrO2. The molecule has 0 heterocycles. The Balaban J connectivity index is 3.01. The van der Waals surface area contributed by atoms with E-state index in [1.54, 1.807) is 6.07 Å². The van der Waals surface area contributed by atoms with Gasteiger partial charge in [0.15, 0.2) is 0 Å². The molecule has 0 aliphatic rings. The predicted octanol–water partition coefficient (Wildman–Crippen LogP) is 1.84. The van der Waals surface area contributed by atoms with Crippen LogP contribution in [0.5, 0.6) is 11.5 Å². The number of alkyl halides is 1. The summed E-state index contributed by atoms with van der Waals surface area (Å²) in [6, 6.07) is 4.32. The van der Waals surface area contributed by atoms with Crippen LogP contribution in [0.25, 0.3) is 0 Å². The monoisotopic (exact) mass is 226 g/mol. The van der Waals surface area contributed by atoms with Gasteiger partial charge in [0.1, 0.15) is 11.5 Å². The van der Waals surface area contributed by atoms with Gasteiger partial charge in [-0.05, 0) is 12.1 Å². The molecule has 12 heavy (non-hydrogen) atoms. The highest BCUT2D eigenvalue weighted by Crippen LogP contribution is 2.21. The summed E-state index contributed by atoms with van der Waals surface area (Å²) in [7, 11) is 0. The Morgan fingerprint density at radius 3 is 2.67 bits per heavy atom. The third-order valence-corrected chi connectivity index (χ3v) is 1.55. The maximum atomic E-state index is 9.24. The van der Waals surface area contributed by atoms with Crippen molar-refractivity contribution in [3.05, 3.63) is 23.8 Å². The number of hydrogen-bond donors (Lipinski definition) is 2. The van der Waals surface area contributed by atoms with Gasteiger partial charge in [-0.15, -0.1) is 0 Å². The smallest absolute Gasteiger partial charge is 0.134 e. The first-order valence-electron chi connectivity index (χ1n) is 3.31. The van der Waals surface area contributed by atoms with Crippen LogP contribution in [0.2, 0.25) is 0 Å². The standard InChI is InChI=1S/C9H7BrO2/c10-5-1-2-7-3-4-8(11)6-9(7)12/h3-4,6,11-12H,5H2. The largest absolute Gasteiger partial charge is 0.508 e. The first-order chi connectivity index (χ1) is 5.74. The van der Waals surface area contributed by atoms with Gasteiger partial charge in [-0.25, -0.2) is 0 Å². The van der Waals surface area contributed by atoms with Crippen molar-refractivity contribution in [1.29, 1.82) is 0 Å². The number of benzene rings is 1. The summed E-state index contributed by atoms with van der Waals surface area (Å²) in [6.45, 7) is 0. The number of aromatic hydroxyl groups is 2. The molecular weight excluding hydrogens is 220 g/mol. The SMILES string of the molecule is Oc1ccc(C#CCBr)c(O)c1. The minimum Gasteiger partial charge on any atom is -0.508 e. The number of rotatable bonds is 0. The average Bonchev–Trinajstić information content (AvgIpc) is 2.03. The summed E-state index contributed by atoms with van der Waals surface area (Å²) in [5, 5.41) is 18.7. The molecule has 0 spiro atoms. The summed E-state index contributed by atoms with van der Waals surface area (Å²) in [4.78, 5) is 0. The molecule has 2 nitrogen and oxygen atoms in total. The first kappa shape index (κ1) is 8.95. The Labute approximate surface area is 79.0 Å². The Morgan fingerprint density at radius 2 is 2.08 bits per heavy atom. The van der Waals surface area contributed by atoms with Crippen molar-refractivity contribution >= 4 is 15.9 Å². The molecule has 0 aliphatic heterocycles. The Bertz CT molecular complexity index is 336. The lowest BCUT2D eigenvalue weighted by atomic mass is 10.2. The lowest BCUT2D eigenvalue weighted by Crippen LogP contribution is -1.75. The zero-order chi connectivity index (χ0) is 8.97. The number of hydrogen-bond acceptors (Lipinski definition) is 2. The molecule has 0 amide bonds. The summed E-state index contributed by atoms with van der Waals surface area (Å²) in [6.07, 6.45) is 0.